The zero-order valence-corrected chi connectivity index (χ0v) is 11.0. The summed E-state index contributed by atoms with van der Waals surface area (Å²) < 4.78 is 6.66. The average Bonchev–Trinajstić information content (AvgIpc) is 2.88. The molecule has 0 unspecified atom stereocenters. The standard InChI is InChI=1S/C13H15N3O3/c1-13(2,12(17)18)11-8-14-15-16(11)9-5-4-6-10(7-9)19-3/h4-8H,1-3H3,(H,17,18). The summed E-state index contributed by atoms with van der Waals surface area (Å²) in [6.07, 6.45) is 1.47. The van der Waals surface area contributed by atoms with Gasteiger partial charge < -0.3 is 9.84 Å². The van der Waals surface area contributed by atoms with Crippen molar-refractivity contribution in [2.75, 3.05) is 7.11 Å². The number of carboxylic acids is 1. The highest BCUT2D eigenvalue weighted by atomic mass is 16.5. The lowest BCUT2D eigenvalue weighted by molar-refractivity contribution is -0.142. The van der Waals surface area contributed by atoms with Gasteiger partial charge in [0.25, 0.3) is 0 Å². The highest BCUT2D eigenvalue weighted by Gasteiger charge is 2.34. The van der Waals surface area contributed by atoms with Gasteiger partial charge in [-0.05, 0) is 26.0 Å². The van der Waals surface area contributed by atoms with Gasteiger partial charge in [0, 0.05) is 6.07 Å². The number of carboxylic acid groups (broad SMARTS) is 1. The maximum atomic E-state index is 11.3. The molecular weight excluding hydrogens is 246 g/mol. The molecule has 0 radical (unpaired) electrons. The van der Waals surface area contributed by atoms with Gasteiger partial charge in [-0.25, -0.2) is 4.68 Å². The molecule has 0 bridgehead atoms. The van der Waals surface area contributed by atoms with Crippen LogP contribution in [0.3, 0.4) is 0 Å². The summed E-state index contributed by atoms with van der Waals surface area (Å²) in [7, 11) is 1.57. The van der Waals surface area contributed by atoms with E-state index in [9.17, 15) is 9.90 Å². The fourth-order valence-corrected chi connectivity index (χ4v) is 1.70. The van der Waals surface area contributed by atoms with Crippen molar-refractivity contribution in [1.82, 2.24) is 15.0 Å². The zero-order valence-electron chi connectivity index (χ0n) is 11.0. The van der Waals surface area contributed by atoms with Crippen LogP contribution in [-0.4, -0.2) is 33.2 Å². The van der Waals surface area contributed by atoms with E-state index in [1.165, 1.54) is 10.9 Å². The Bertz CT molecular complexity index is 605. The second-order valence-electron chi connectivity index (χ2n) is 4.66. The minimum absolute atomic E-state index is 0.508. The van der Waals surface area contributed by atoms with Gasteiger partial charge >= 0.3 is 5.97 Å². The molecule has 0 saturated heterocycles. The van der Waals surface area contributed by atoms with Gasteiger partial charge in [-0.3, -0.25) is 4.79 Å². The predicted molar refractivity (Wildman–Crippen MR) is 68.6 cm³/mol. The molecule has 0 aliphatic carbocycles. The van der Waals surface area contributed by atoms with E-state index in [1.54, 1.807) is 27.0 Å². The molecule has 6 heteroatoms. The van der Waals surface area contributed by atoms with Crippen LogP contribution in [0.1, 0.15) is 19.5 Å². The highest BCUT2D eigenvalue weighted by molar-refractivity contribution is 5.79. The van der Waals surface area contributed by atoms with Gasteiger partial charge in [-0.15, -0.1) is 5.10 Å². The first-order chi connectivity index (χ1) is 8.96. The number of hydrogen-bond acceptors (Lipinski definition) is 4. The van der Waals surface area contributed by atoms with Crippen molar-refractivity contribution in [2.45, 2.75) is 19.3 Å². The third kappa shape index (κ3) is 2.29. The monoisotopic (exact) mass is 261 g/mol. The number of rotatable bonds is 4. The number of carbonyl (C=O) groups is 1. The molecule has 6 nitrogen and oxygen atoms in total. The number of aliphatic carboxylic acids is 1. The first-order valence-corrected chi connectivity index (χ1v) is 5.76. The van der Waals surface area contributed by atoms with Crippen LogP contribution in [0.4, 0.5) is 0 Å². The van der Waals surface area contributed by atoms with Crippen LogP contribution >= 0.6 is 0 Å². The molecule has 0 spiro atoms. The SMILES string of the molecule is COc1cccc(-n2nncc2C(C)(C)C(=O)O)c1. The fourth-order valence-electron chi connectivity index (χ4n) is 1.70. The largest absolute Gasteiger partial charge is 0.497 e. The van der Waals surface area contributed by atoms with Crippen molar-refractivity contribution in [3.05, 3.63) is 36.2 Å². The Morgan fingerprint density at radius 3 is 2.79 bits per heavy atom. The van der Waals surface area contributed by atoms with E-state index in [2.05, 4.69) is 10.3 Å². The molecule has 2 rings (SSSR count). The summed E-state index contributed by atoms with van der Waals surface area (Å²) in [4.78, 5) is 11.3. The molecule has 1 aromatic heterocycles. The first-order valence-electron chi connectivity index (χ1n) is 5.76. The van der Waals surface area contributed by atoms with Crippen molar-refractivity contribution in [3.63, 3.8) is 0 Å². The van der Waals surface area contributed by atoms with Crippen LogP contribution in [0.2, 0.25) is 0 Å². The smallest absolute Gasteiger partial charge is 0.315 e. The van der Waals surface area contributed by atoms with Crippen molar-refractivity contribution in [2.24, 2.45) is 0 Å². The molecule has 0 atom stereocenters. The summed E-state index contributed by atoms with van der Waals surface area (Å²) in [5, 5.41) is 17.1. The summed E-state index contributed by atoms with van der Waals surface area (Å²) >= 11 is 0. The zero-order chi connectivity index (χ0) is 14.0. The summed E-state index contributed by atoms with van der Waals surface area (Å²) in [6.45, 7) is 3.23. The minimum atomic E-state index is -1.08. The van der Waals surface area contributed by atoms with Crippen LogP contribution in [0, 0.1) is 0 Å². The van der Waals surface area contributed by atoms with Crippen molar-refractivity contribution in [1.29, 1.82) is 0 Å². The lowest BCUT2D eigenvalue weighted by Crippen LogP contribution is -2.31. The van der Waals surface area contributed by atoms with Gasteiger partial charge in [0.15, 0.2) is 0 Å². The third-order valence-electron chi connectivity index (χ3n) is 3.02. The topological polar surface area (TPSA) is 77.2 Å². The molecule has 1 aromatic carbocycles. The van der Waals surface area contributed by atoms with Crippen LogP contribution in [-0.2, 0) is 10.2 Å². The molecule has 1 N–H and O–H groups in total. The molecular formula is C13H15N3O3. The van der Waals surface area contributed by atoms with E-state index in [4.69, 9.17) is 4.74 Å². The van der Waals surface area contributed by atoms with Crippen LogP contribution in [0.25, 0.3) is 5.69 Å². The Labute approximate surface area is 110 Å². The number of methoxy groups -OCH3 is 1. The Balaban J connectivity index is 2.53. The number of benzene rings is 1. The van der Waals surface area contributed by atoms with Crippen LogP contribution in [0.5, 0.6) is 5.75 Å². The Hall–Kier alpha value is -2.37. The molecule has 0 aliphatic rings. The number of ether oxygens (including phenoxy) is 1. The number of aromatic nitrogens is 3. The van der Waals surface area contributed by atoms with Crippen molar-refractivity contribution in [3.8, 4) is 11.4 Å². The second-order valence-corrected chi connectivity index (χ2v) is 4.66. The quantitative estimate of drug-likeness (QED) is 0.905. The highest BCUT2D eigenvalue weighted by Crippen LogP contribution is 2.26. The molecule has 100 valence electrons. The molecule has 0 aliphatic heterocycles. The van der Waals surface area contributed by atoms with E-state index in [0.717, 1.165) is 0 Å². The Morgan fingerprint density at radius 2 is 2.16 bits per heavy atom. The fraction of sp³-hybridized carbons (Fsp3) is 0.308. The Morgan fingerprint density at radius 1 is 1.42 bits per heavy atom. The molecule has 1 heterocycles. The van der Waals surface area contributed by atoms with Gasteiger partial charge in [0.1, 0.15) is 11.2 Å². The van der Waals surface area contributed by atoms with Crippen LogP contribution < -0.4 is 4.74 Å². The lowest BCUT2D eigenvalue weighted by atomic mass is 9.90. The molecule has 0 fully saturated rings. The van der Waals surface area contributed by atoms with E-state index in [-0.39, 0.29) is 0 Å². The summed E-state index contributed by atoms with van der Waals surface area (Å²) in [5.74, 6) is -0.258. The maximum Gasteiger partial charge on any atom is 0.315 e. The third-order valence-corrected chi connectivity index (χ3v) is 3.02. The first kappa shape index (κ1) is 13.1. The molecule has 0 saturated carbocycles. The molecule has 19 heavy (non-hydrogen) atoms. The van der Waals surface area contributed by atoms with Crippen molar-refractivity contribution >= 4 is 5.97 Å². The van der Waals surface area contributed by atoms with Crippen LogP contribution in [0.15, 0.2) is 30.5 Å². The molecule has 0 amide bonds. The second kappa shape index (κ2) is 4.72. The van der Waals surface area contributed by atoms with Gasteiger partial charge in [0.05, 0.1) is 24.7 Å². The Kier molecular flexibility index (Phi) is 3.25. The maximum absolute atomic E-state index is 11.3. The van der Waals surface area contributed by atoms with E-state index in [0.29, 0.717) is 17.1 Å². The van der Waals surface area contributed by atoms with E-state index >= 15 is 0 Å². The minimum Gasteiger partial charge on any atom is -0.497 e. The number of nitrogens with zero attached hydrogens (tertiary/aromatic N) is 3. The van der Waals surface area contributed by atoms with Gasteiger partial charge in [-0.1, -0.05) is 11.3 Å². The van der Waals surface area contributed by atoms with E-state index < -0.39 is 11.4 Å². The van der Waals surface area contributed by atoms with Crippen molar-refractivity contribution < 1.29 is 14.6 Å². The van der Waals surface area contributed by atoms with E-state index in [1.807, 2.05) is 18.2 Å². The summed E-state index contributed by atoms with van der Waals surface area (Å²) in [6, 6.07) is 7.21. The lowest BCUT2D eigenvalue weighted by Gasteiger charge is -2.19. The normalized spacial score (nSPS) is 11.3. The predicted octanol–water partition coefficient (Wildman–Crippen LogP) is 1.64. The average molecular weight is 261 g/mol. The number of hydrogen-bond donors (Lipinski definition) is 1. The van der Waals surface area contributed by atoms with Gasteiger partial charge in [0.2, 0.25) is 0 Å². The summed E-state index contributed by atoms with van der Waals surface area (Å²) in [5.41, 5.74) is 0.140. The van der Waals surface area contributed by atoms with Gasteiger partial charge in [-0.2, -0.15) is 0 Å². The molecule has 2 aromatic rings.